The minimum absolute atomic E-state index is 0.218. The van der Waals surface area contributed by atoms with Crippen molar-refractivity contribution in [2.45, 2.75) is 6.10 Å². The number of ether oxygens (including phenoxy) is 2. The summed E-state index contributed by atoms with van der Waals surface area (Å²) in [5, 5.41) is 9.62. The summed E-state index contributed by atoms with van der Waals surface area (Å²) >= 11 is 0. The molecule has 3 heteroatoms. The van der Waals surface area contributed by atoms with Gasteiger partial charge >= 0.3 is 0 Å². The number of benzene rings is 1. The Hall–Kier alpha value is -1.34. The molecular weight excluding hydrogens is 192 g/mol. The van der Waals surface area contributed by atoms with Gasteiger partial charge in [0.1, 0.15) is 19.5 Å². The maximum Gasteiger partial charge on any atom is 0.147 e. The maximum atomic E-state index is 9.62. The molecule has 0 spiro atoms. The number of rotatable bonds is 4. The van der Waals surface area contributed by atoms with E-state index in [1.165, 1.54) is 0 Å². The number of methoxy groups -OCH3 is 1. The highest BCUT2D eigenvalue weighted by molar-refractivity contribution is 5.24. The van der Waals surface area contributed by atoms with Crippen LogP contribution in [-0.4, -0.2) is 25.6 Å². The van der Waals surface area contributed by atoms with Crippen LogP contribution in [0.25, 0.3) is 0 Å². The van der Waals surface area contributed by atoms with Crippen LogP contribution in [0.1, 0.15) is 11.7 Å². The normalized spacial score (nSPS) is 11.6. The molecule has 0 aliphatic heterocycles. The Balaban J connectivity index is 2.38. The molecule has 1 aromatic carbocycles. The van der Waals surface area contributed by atoms with E-state index in [-0.39, 0.29) is 13.4 Å². The molecule has 0 aliphatic rings. The summed E-state index contributed by atoms with van der Waals surface area (Å²) in [6, 6.07) is 9.28. The quantitative estimate of drug-likeness (QED) is 0.459. The van der Waals surface area contributed by atoms with Gasteiger partial charge in [0.15, 0.2) is 0 Å². The first-order valence-corrected chi connectivity index (χ1v) is 4.62. The third kappa shape index (κ3) is 4.61. The zero-order valence-electron chi connectivity index (χ0n) is 8.64. The fourth-order valence-corrected chi connectivity index (χ4v) is 1.03. The van der Waals surface area contributed by atoms with E-state index in [1.807, 2.05) is 30.3 Å². The second-order valence-electron chi connectivity index (χ2n) is 2.89. The SMILES string of the molecule is COCOCC#CC(O)c1ccccc1. The molecule has 0 saturated heterocycles. The van der Waals surface area contributed by atoms with Crippen LogP contribution in [-0.2, 0) is 9.47 Å². The lowest BCUT2D eigenvalue weighted by Crippen LogP contribution is -1.97. The van der Waals surface area contributed by atoms with Crippen molar-refractivity contribution >= 4 is 0 Å². The molecule has 1 N–H and O–H groups in total. The van der Waals surface area contributed by atoms with Crippen LogP contribution in [0.2, 0.25) is 0 Å². The van der Waals surface area contributed by atoms with Crippen molar-refractivity contribution in [2.24, 2.45) is 0 Å². The molecule has 80 valence electrons. The minimum atomic E-state index is -0.752. The van der Waals surface area contributed by atoms with E-state index >= 15 is 0 Å². The molecule has 0 radical (unpaired) electrons. The molecular formula is C12H14O3. The van der Waals surface area contributed by atoms with Crippen LogP contribution in [0.3, 0.4) is 0 Å². The predicted octanol–water partition coefficient (Wildman–Crippen LogP) is 1.34. The fourth-order valence-electron chi connectivity index (χ4n) is 1.03. The highest BCUT2D eigenvalue weighted by Crippen LogP contribution is 2.09. The van der Waals surface area contributed by atoms with Gasteiger partial charge in [-0.25, -0.2) is 0 Å². The molecule has 0 aromatic heterocycles. The van der Waals surface area contributed by atoms with Gasteiger partial charge in [-0.2, -0.15) is 0 Å². The molecule has 0 aliphatic carbocycles. The average Bonchev–Trinajstić information content (AvgIpc) is 2.30. The summed E-state index contributed by atoms with van der Waals surface area (Å²) in [4.78, 5) is 0. The van der Waals surface area contributed by atoms with Crippen LogP contribution in [0.5, 0.6) is 0 Å². The second kappa shape index (κ2) is 7.02. The number of hydrogen-bond donors (Lipinski definition) is 1. The lowest BCUT2D eigenvalue weighted by atomic mass is 10.1. The molecule has 3 nitrogen and oxygen atoms in total. The van der Waals surface area contributed by atoms with Gasteiger partial charge in [-0.1, -0.05) is 42.2 Å². The first-order valence-electron chi connectivity index (χ1n) is 4.62. The molecule has 0 saturated carbocycles. The van der Waals surface area contributed by atoms with Gasteiger partial charge in [0.25, 0.3) is 0 Å². The van der Waals surface area contributed by atoms with E-state index < -0.39 is 6.10 Å². The fraction of sp³-hybridized carbons (Fsp3) is 0.333. The van der Waals surface area contributed by atoms with E-state index in [9.17, 15) is 5.11 Å². The van der Waals surface area contributed by atoms with Gasteiger partial charge in [-0.05, 0) is 5.56 Å². The zero-order chi connectivity index (χ0) is 10.9. The van der Waals surface area contributed by atoms with Crippen LogP contribution < -0.4 is 0 Å². The van der Waals surface area contributed by atoms with Crippen LogP contribution in [0.15, 0.2) is 30.3 Å². The Morgan fingerprint density at radius 1 is 1.33 bits per heavy atom. The molecule has 0 amide bonds. The number of aliphatic hydroxyl groups is 1. The van der Waals surface area contributed by atoms with Crippen LogP contribution in [0, 0.1) is 11.8 Å². The lowest BCUT2D eigenvalue weighted by Gasteiger charge is -2.02. The van der Waals surface area contributed by atoms with Crippen molar-refractivity contribution in [1.82, 2.24) is 0 Å². The van der Waals surface area contributed by atoms with Gasteiger partial charge in [-0.15, -0.1) is 0 Å². The lowest BCUT2D eigenvalue weighted by molar-refractivity contribution is -0.0166. The van der Waals surface area contributed by atoms with Gasteiger partial charge in [-0.3, -0.25) is 0 Å². The van der Waals surface area contributed by atoms with Crippen LogP contribution in [0.4, 0.5) is 0 Å². The summed E-state index contributed by atoms with van der Waals surface area (Å²) in [5.41, 5.74) is 0.789. The summed E-state index contributed by atoms with van der Waals surface area (Å²) in [5.74, 6) is 5.40. The third-order valence-electron chi connectivity index (χ3n) is 1.73. The Bertz CT molecular complexity index is 324. The topological polar surface area (TPSA) is 38.7 Å². The van der Waals surface area contributed by atoms with Crippen molar-refractivity contribution in [3.8, 4) is 11.8 Å². The molecule has 1 aromatic rings. The van der Waals surface area contributed by atoms with Crippen molar-refractivity contribution in [3.05, 3.63) is 35.9 Å². The van der Waals surface area contributed by atoms with Gasteiger partial charge in [0, 0.05) is 7.11 Å². The van der Waals surface area contributed by atoms with E-state index in [1.54, 1.807) is 7.11 Å². The molecule has 0 bridgehead atoms. The average molecular weight is 206 g/mol. The monoisotopic (exact) mass is 206 g/mol. The number of hydrogen-bond acceptors (Lipinski definition) is 3. The Labute approximate surface area is 89.6 Å². The third-order valence-corrected chi connectivity index (χ3v) is 1.73. The molecule has 0 fully saturated rings. The first kappa shape index (κ1) is 11.7. The van der Waals surface area contributed by atoms with Gasteiger partial charge < -0.3 is 14.6 Å². The van der Waals surface area contributed by atoms with Gasteiger partial charge in [0.05, 0.1) is 0 Å². The highest BCUT2D eigenvalue weighted by atomic mass is 16.7. The number of aliphatic hydroxyl groups excluding tert-OH is 1. The van der Waals surface area contributed by atoms with Crippen molar-refractivity contribution < 1.29 is 14.6 Å². The van der Waals surface area contributed by atoms with E-state index in [2.05, 4.69) is 16.6 Å². The van der Waals surface area contributed by atoms with Crippen molar-refractivity contribution in [3.63, 3.8) is 0 Å². The summed E-state index contributed by atoms with van der Waals surface area (Å²) in [7, 11) is 1.55. The largest absolute Gasteiger partial charge is 0.376 e. The summed E-state index contributed by atoms with van der Waals surface area (Å²) in [6.07, 6.45) is -0.752. The summed E-state index contributed by atoms with van der Waals surface area (Å²) < 4.78 is 9.64. The smallest absolute Gasteiger partial charge is 0.147 e. The molecule has 15 heavy (non-hydrogen) atoms. The molecule has 1 unspecified atom stereocenters. The maximum absolute atomic E-state index is 9.62. The highest BCUT2D eigenvalue weighted by Gasteiger charge is 2.00. The summed E-state index contributed by atoms with van der Waals surface area (Å²) in [6.45, 7) is 0.480. The zero-order valence-corrected chi connectivity index (χ0v) is 8.64. The van der Waals surface area contributed by atoms with Crippen molar-refractivity contribution in [1.29, 1.82) is 0 Å². The van der Waals surface area contributed by atoms with Crippen molar-refractivity contribution in [2.75, 3.05) is 20.5 Å². The molecule has 1 atom stereocenters. The Kier molecular flexibility index (Phi) is 5.49. The Morgan fingerprint density at radius 2 is 2.07 bits per heavy atom. The van der Waals surface area contributed by atoms with Gasteiger partial charge in [0.2, 0.25) is 0 Å². The standard InChI is InChI=1S/C12H14O3/c1-14-10-15-9-5-8-12(13)11-6-3-2-4-7-11/h2-4,6-7,12-13H,9-10H2,1H3. The van der Waals surface area contributed by atoms with E-state index in [0.29, 0.717) is 0 Å². The Morgan fingerprint density at radius 3 is 2.73 bits per heavy atom. The molecule has 0 heterocycles. The van der Waals surface area contributed by atoms with E-state index in [4.69, 9.17) is 4.74 Å². The second-order valence-corrected chi connectivity index (χ2v) is 2.89. The minimum Gasteiger partial charge on any atom is -0.376 e. The first-order chi connectivity index (χ1) is 7.34. The molecule has 1 rings (SSSR count). The predicted molar refractivity (Wildman–Crippen MR) is 57.0 cm³/mol. The van der Waals surface area contributed by atoms with E-state index in [0.717, 1.165) is 5.56 Å². The van der Waals surface area contributed by atoms with Crippen LogP contribution >= 0.6 is 0 Å².